The predicted octanol–water partition coefficient (Wildman–Crippen LogP) is 1.96. The van der Waals surface area contributed by atoms with Crippen LogP contribution in [-0.4, -0.2) is 19.7 Å². The van der Waals surface area contributed by atoms with Gasteiger partial charge in [-0.05, 0) is 18.2 Å². The molecule has 0 aliphatic rings. The average Bonchev–Trinajstić information content (AvgIpc) is 2.87. The summed E-state index contributed by atoms with van der Waals surface area (Å²) < 4.78 is 2.02. The molecular formula is C11H10N4. The number of aryl methyl sites for hydroxylation is 1. The average molecular weight is 198 g/mol. The molecule has 3 heterocycles. The van der Waals surface area contributed by atoms with E-state index in [2.05, 4.69) is 27.4 Å². The van der Waals surface area contributed by atoms with Crippen LogP contribution in [0.25, 0.3) is 22.3 Å². The molecule has 4 heteroatoms. The summed E-state index contributed by atoms with van der Waals surface area (Å²) in [7, 11) is 2.00. The SMILES string of the molecule is Cn1cc(-c2ccn[nH]2)c2cccnc21. The molecule has 3 rings (SSSR count). The highest BCUT2D eigenvalue weighted by Crippen LogP contribution is 2.26. The van der Waals surface area contributed by atoms with Crippen LogP contribution in [0.5, 0.6) is 0 Å². The molecule has 1 N–H and O–H groups in total. The van der Waals surface area contributed by atoms with Gasteiger partial charge in [0, 0.05) is 36.6 Å². The number of H-pyrrole nitrogens is 1. The number of pyridine rings is 1. The molecule has 0 fully saturated rings. The minimum absolute atomic E-state index is 0.988. The van der Waals surface area contributed by atoms with Gasteiger partial charge in [-0.3, -0.25) is 5.10 Å². The Kier molecular flexibility index (Phi) is 1.62. The first-order valence-corrected chi connectivity index (χ1v) is 4.76. The number of hydrogen-bond acceptors (Lipinski definition) is 2. The van der Waals surface area contributed by atoms with E-state index >= 15 is 0 Å². The Morgan fingerprint density at radius 3 is 3.00 bits per heavy atom. The fourth-order valence-electron chi connectivity index (χ4n) is 1.83. The van der Waals surface area contributed by atoms with Crippen LogP contribution in [0.15, 0.2) is 36.8 Å². The van der Waals surface area contributed by atoms with E-state index in [0.29, 0.717) is 0 Å². The largest absolute Gasteiger partial charge is 0.335 e. The molecule has 0 atom stereocenters. The van der Waals surface area contributed by atoms with E-state index in [1.165, 1.54) is 0 Å². The first-order valence-electron chi connectivity index (χ1n) is 4.76. The lowest BCUT2D eigenvalue weighted by molar-refractivity contribution is 0.948. The zero-order valence-electron chi connectivity index (χ0n) is 8.31. The Morgan fingerprint density at radius 2 is 2.20 bits per heavy atom. The number of aromatic amines is 1. The maximum absolute atomic E-state index is 4.34. The number of rotatable bonds is 1. The van der Waals surface area contributed by atoms with E-state index in [4.69, 9.17) is 0 Å². The third-order valence-corrected chi connectivity index (χ3v) is 2.52. The Morgan fingerprint density at radius 1 is 1.27 bits per heavy atom. The zero-order chi connectivity index (χ0) is 10.3. The lowest BCUT2D eigenvalue weighted by atomic mass is 10.2. The summed E-state index contributed by atoms with van der Waals surface area (Å²) in [5, 5.41) is 8.07. The monoisotopic (exact) mass is 198 g/mol. The molecule has 74 valence electrons. The summed E-state index contributed by atoms with van der Waals surface area (Å²) in [5.74, 6) is 0. The molecule has 0 aromatic carbocycles. The lowest BCUT2D eigenvalue weighted by Crippen LogP contribution is -1.85. The molecule has 0 radical (unpaired) electrons. The molecule has 15 heavy (non-hydrogen) atoms. The van der Waals surface area contributed by atoms with Crippen LogP contribution in [-0.2, 0) is 7.05 Å². The van der Waals surface area contributed by atoms with Gasteiger partial charge in [0.2, 0.25) is 0 Å². The standard InChI is InChI=1S/C11H10N4/c1-15-7-9(10-4-6-13-14-10)8-3-2-5-12-11(8)15/h2-7H,1H3,(H,13,14). The summed E-state index contributed by atoms with van der Waals surface area (Å²) in [4.78, 5) is 4.34. The van der Waals surface area contributed by atoms with Crippen LogP contribution in [0.1, 0.15) is 0 Å². The van der Waals surface area contributed by atoms with E-state index in [-0.39, 0.29) is 0 Å². The van der Waals surface area contributed by atoms with Crippen molar-refractivity contribution in [1.29, 1.82) is 0 Å². The smallest absolute Gasteiger partial charge is 0.140 e. The highest BCUT2D eigenvalue weighted by atomic mass is 15.1. The number of aromatic nitrogens is 4. The Bertz CT molecular complexity index is 592. The second kappa shape index (κ2) is 2.95. The maximum atomic E-state index is 4.34. The van der Waals surface area contributed by atoms with Crippen molar-refractivity contribution in [3.8, 4) is 11.3 Å². The Balaban J connectivity index is 2.37. The maximum Gasteiger partial charge on any atom is 0.140 e. The van der Waals surface area contributed by atoms with Crippen LogP contribution in [0, 0.1) is 0 Å². The van der Waals surface area contributed by atoms with Gasteiger partial charge < -0.3 is 4.57 Å². The molecule has 0 aliphatic carbocycles. The normalized spacial score (nSPS) is 11.0. The molecule has 0 aliphatic heterocycles. The number of nitrogens with one attached hydrogen (secondary N) is 1. The van der Waals surface area contributed by atoms with Crippen LogP contribution in [0.2, 0.25) is 0 Å². The molecule has 3 aromatic rings. The molecule has 0 unspecified atom stereocenters. The first-order chi connectivity index (χ1) is 7.36. The molecular weight excluding hydrogens is 188 g/mol. The van der Waals surface area contributed by atoms with Gasteiger partial charge in [0.05, 0.1) is 5.69 Å². The topological polar surface area (TPSA) is 46.5 Å². The number of fused-ring (bicyclic) bond motifs is 1. The third kappa shape index (κ3) is 1.15. The third-order valence-electron chi connectivity index (χ3n) is 2.52. The highest BCUT2D eigenvalue weighted by Gasteiger charge is 2.09. The zero-order valence-corrected chi connectivity index (χ0v) is 8.31. The molecule has 0 saturated heterocycles. The Hall–Kier alpha value is -2.10. The Labute approximate surface area is 86.6 Å². The summed E-state index contributed by atoms with van der Waals surface area (Å²) in [5.41, 5.74) is 3.15. The first kappa shape index (κ1) is 8.23. The summed E-state index contributed by atoms with van der Waals surface area (Å²) >= 11 is 0. The predicted molar refractivity (Wildman–Crippen MR) is 58.3 cm³/mol. The lowest BCUT2D eigenvalue weighted by Gasteiger charge is -1.93. The summed E-state index contributed by atoms with van der Waals surface area (Å²) in [6, 6.07) is 5.97. The van der Waals surface area contributed by atoms with Crippen LogP contribution >= 0.6 is 0 Å². The van der Waals surface area contributed by atoms with E-state index < -0.39 is 0 Å². The van der Waals surface area contributed by atoms with Gasteiger partial charge >= 0.3 is 0 Å². The second-order valence-corrected chi connectivity index (χ2v) is 3.50. The number of nitrogens with zero attached hydrogens (tertiary/aromatic N) is 3. The highest BCUT2D eigenvalue weighted by molar-refractivity contribution is 5.92. The van der Waals surface area contributed by atoms with Crippen LogP contribution in [0.4, 0.5) is 0 Å². The quantitative estimate of drug-likeness (QED) is 0.649. The van der Waals surface area contributed by atoms with Gasteiger partial charge in [-0.25, -0.2) is 4.98 Å². The van der Waals surface area contributed by atoms with Crippen molar-refractivity contribution in [2.75, 3.05) is 0 Å². The van der Waals surface area contributed by atoms with Gasteiger partial charge in [0.1, 0.15) is 5.65 Å². The van der Waals surface area contributed by atoms with E-state index in [9.17, 15) is 0 Å². The van der Waals surface area contributed by atoms with Crippen molar-refractivity contribution in [3.05, 3.63) is 36.8 Å². The molecule has 3 aromatic heterocycles. The van der Waals surface area contributed by atoms with Crippen molar-refractivity contribution in [2.45, 2.75) is 0 Å². The van der Waals surface area contributed by atoms with E-state index in [1.54, 1.807) is 12.4 Å². The molecule has 0 amide bonds. The molecule has 4 nitrogen and oxygen atoms in total. The van der Waals surface area contributed by atoms with Gasteiger partial charge in [0.15, 0.2) is 0 Å². The summed E-state index contributed by atoms with van der Waals surface area (Å²) in [6.45, 7) is 0. The van der Waals surface area contributed by atoms with Gasteiger partial charge in [-0.2, -0.15) is 5.10 Å². The van der Waals surface area contributed by atoms with Crippen molar-refractivity contribution >= 4 is 11.0 Å². The number of hydrogen-bond donors (Lipinski definition) is 1. The fraction of sp³-hybridized carbons (Fsp3) is 0.0909. The molecule has 0 saturated carbocycles. The van der Waals surface area contributed by atoms with Crippen molar-refractivity contribution in [3.63, 3.8) is 0 Å². The molecule has 0 spiro atoms. The van der Waals surface area contributed by atoms with E-state index in [0.717, 1.165) is 22.3 Å². The molecule has 0 bridgehead atoms. The van der Waals surface area contributed by atoms with Gasteiger partial charge in [-0.15, -0.1) is 0 Å². The van der Waals surface area contributed by atoms with Crippen LogP contribution in [0.3, 0.4) is 0 Å². The minimum Gasteiger partial charge on any atom is -0.335 e. The second-order valence-electron chi connectivity index (χ2n) is 3.50. The van der Waals surface area contributed by atoms with Crippen molar-refractivity contribution < 1.29 is 0 Å². The van der Waals surface area contributed by atoms with Gasteiger partial charge in [0.25, 0.3) is 0 Å². The fourth-order valence-corrected chi connectivity index (χ4v) is 1.83. The van der Waals surface area contributed by atoms with E-state index in [1.807, 2.05) is 23.7 Å². The van der Waals surface area contributed by atoms with Crippen molar-refractivity contribution in [1.82, 2.24) is 19.7 Å². The van der Waals surface area contributed by atoms with Crippen molar-refractivity contribution in [2.24, 2.45) is 7.05 Å². The summed E-state index contributed by atoms with van der Waals surface area (Å²) in [6.07, 6.45) is 5.62. The van der Waals surface area contributed by atoms with Gasteiger partial charge in [-0.1, -0.05) is 0 Å². The van der Waals surface area contributed by atoms with Crippen LogP contribution < -0.4 is 0 Å². The minimum atomic E-state index is 0.988.